The van der Waals surface area contributed by atoms with E-state index in [2.05, 4.69) is 30.4 Å². The molecule has 2 atom stereocenters. The van der Waals surface area contributed by atoms with Gasteiger partial charge in [-0.2, -0.15) is 0 Å². The first-order valence-electron chi connectivity index (χ1n) is 5.44. The molecule has 0 amide bonds. The molecule has 0 aromatic rings. The average Bonchev–Trinajstić information content (AvgIpc) is 2.41. The average molecular weight is 204 g/mol. The number of rotatable bonds is 3. The maximum atomic E-state index is 10.6. The van der Waals surface area contributed by atoms with E-state index in [0.29, 0.717) is 18.4 Å². The lowest BCUT2D eigenvalue weighted by Gasteiger charge is -2.09. The van der Waals surface area contributed by atoms with Crippen molar-refractivity contribution in [2.24, 2.45) is 11.8 Å². The molecule has 2 heteroatoms. The number of carbonyl (C=O) groups excluding carboxylic acids is 1. The Hall–Kier alpha value is -1.31. The molecule has 80 valence electrons. The molecule has 0 aliphatic heterocycles. The van der Waals surface area contributed by atoms with Gasteiger partial charge in [0, 0.05) is 13.3 Å². The maximum Gasteiger partial charge on any atom is 0.302 e. The zero-order chi connectivity index (χ0) is 10.7. The molecule has 0 radical (unpaired) electrons. The Morgan fingerprint density at radius 3 is 3.07 bits per heavy atom. The van der Waals surface area contributed by atoms with Crippen LogP contribution in [-0.4, -0.2) is 12.6 Å². The van der Waals surface area contributed by atoms with Crippen molar-refractivity contribution in [3.05, 3.63) is 36.0 Å². The van der Waals surface area contributed by atoms with Crippen molar-refractivity contribution in [2.75, 3.05) is 6.61 Å². The third-order valence-corrected chi connectivity index (χ3v) is 2.94. The summed E-state index contributed by atoms with van der Waals surface area (Å²) in [4.78, 5) is 10.6. The quantitative estimate of drug-likeness (QED) is 0.522. The largest absolute Gasteiger partial charge is 0.466 e. The highest BCUT2D eigenvalue weighted by atomic mass is 16.5. The lowest BCUT2D eigenvalue weighted by Crippen LogP contribution is -2.04. The zero-order valence-corrected chi connectivity index (χ0v) is 8.98. The van der Waals surface area contributed by atoms with Gasteiger partial charge in [-0.15, -0.1) is 0 Å². The first kappa shape index (κ1) is 10.2. The SMILES string of the molecule is CC(=O)OCCC1=CC2C=CC=CC1C2. The van der Waals surface area contributed by atoms with Crippen molar-refractivity contribution in [3.63, 3.8) is 0 Å². The van der Waals surface area contributed by atoms with Gasteiger partial charge in [0.15, 0.2) is 0 Å². The first-order chi connectivity index (χ1) is 7.25. The van der Waals surface area contributed by atoms with Crippen LogP contribution in [-0.2, 0) is 9.53 Å². The molecule has 2 aliphatic carbocycles. The third-order valence-electron chi connectivity index (χ3n) is 2.94. The van der Waals surface area contributed by atoms with Gasteiger partial charge in [0.1, 0.15) is 0 Å². The minimum atomic E-state index is -0.191. The lowest BCUT2D eigenvalue weighted by molar-refractivity contribution is -0.140. The number of ether oxygens (including phenoxy) is 1. The van der Waals surface area contributed by atoms with Gasteiger partial charge in [0.2, 0.25) is 0 Å². The highest BCUT2D eigenvalue weighted by Gasteiger charge is 2.23. The Bertz CT molecular complexity index is 336. The van der Waals surface area contributed by atoms with Crippen molar-refractivity contribution in [1.29, 1.82) is 0 Å². The van der Waals surface area contributed by atoms with E-state index in [1.54, 1.807) is 0 Å². The normalized spacial score (nSPS) is 27.4. The molecule has 2 nitrogen and oxygen atoms in total. The smallest absolute Gasteiger partial charge is 0.302 e. The molecule has 2 aliphatic rings. The van der Waals surface area contributed by atoms with Gasteiger partial charge in [0.25, 0.3) is 0 Å². The fourth-order valence-corrected chi connectivity index (χ4v) is 2.23. The summed E-state index contributed by atoms with van der Waals surface area (Å²) in [6, 6.07) is 0. The zero-order valence-electron chi connectivity index (χ0n) is 8.98. The van der Waals surface area contributed by atoms with Crippen LogP contribution in [0.4, 0.5) is 0 Å². The summed E-state index contributed by atoms with van der Waals surface area (Å²) < 4.78 is 4.96. The Kier molecular flexibility index (Phi) is 3.05. The Balaban J connectivity index is 1.91. The predicted molar refractivity (Wildman–Crippen MR) is 59.2 cm³/mol. The van der Waals surface area contributed by atoms with Gasteiger partial charge in [-0.25, -0.2) is 0 Å². The molecular weight excluding hydrogens is 188 g/mol. The van der Waals surface area contributed by atoms with Crippen molar-refractivity contribution >= 4 is 5.97 Å². The Morgan fingerprint density at radius 2 is 2.27 bits per heavy atom. The molecule has 2 rings (SSSR count). The van der Waals surface area contributed by atoms with Gasteiger partial charge >= 0.3 is 5.97 Å². The van der Waals surface area contributed by atoms with Crippen molar-refractivity contribution in [3.8, 4) is 0 Å². The minimum absolute atomic E-state index is 0.191. The van der Waals surface area contributed by atoms with E-state index in [-0.39, 0.29) is 5.97 Å². The number of allylic oxidation sites excluding steroid dienone is 5. The van der Waals surface area contributed by atoms with Gasteiger partial charge < -0.3 is 4.74 Å². The Morgan fingerprint density at radius 1 is 1.47 bits per heavy atom. The summed E-state index contributed by atoms with van der Waals surface area (Å²) in [5.41, 5.74) is 1.42. The number of hydrogen-bond donors (Lipinski definition) is 0. The van der Waals surface area contributed by atoms with Crippen LogP contribution in [0.3, 0.4) is 0 Å². The molecule has 2 bridgehead atoms. The van der Waals surface area contributed by atoms with Crippen LogP contribution in [0, 0.1) is 11.8 Å². The van der Waals surface area contributed by atoms with Crippen LogP contribution >= 0.6 is 0 Å². The summed E-state index contributed by atoms with van der Waals surface area (Å²) in [7, 11) is 0. The molecule has 0 saturated carbocycles. The van der Waals surface area contributed by atoms with Crippen LogP contribution in [0.15, 0.2) is 36.0 Å². The fraction of sp³-hybridized carbons (Fsp3) is 0.462. The van der Waals surface area contributed by atoms with Crippen molar-refractivity contribution in [1.82, 2.24) is 0 Å². The van der Waals surface area contributed by atoms with Gasteiger partial charge in [-0.3, -0.25) is 4.79 Å². The highest BCUT2D eigenvalue weighted by Crippen LogP contribution is 2.35. The van der Waals surface area contributed by atoms with Crippen LogP contribution in [0.25, 0.3) is 0 Å². The fourth-order valence-electron chi connectivity index (χ4n) is 2.23. The van der Waals surface area contributed by atoms with Gasteiger partial charge in [0.05, 0.1) is 6.61 Å². The minimum Gasteiger partial charge on any atom is -0.466 e. The standard InChI is InChI=1S/C13H16O2/c1-10(14)15-7-6-13-9-11-4-2-3-5-12(13)8-11/h2-5,9,11-12H,6-8H2,1H3. The molecular formula is C13H16O2. The summed E-state index contributed by atoms with van der Waals surface area (Å²) >= 11 is 0. The van der Waals surface area contributed by atoms with E-state index >= 15 is 0 Å². The van der Waals surface area contributed by atoms with Crippen LogP contribution in [0.1, 0.15) is 19.8 Å². The van der Waals surface area contributed by atoms with E-state index in [1.807, 2.05) is 0 Å². The summed E-state index contributed by atoms with van der Waals surface area (Å²) in [5, 5.41) is 0. The monoisotopic (exact) mass is 204 g/mol. The lowest BCUT2D eigenvalue weighted by atomic mass is 9.98. The number of esters is 1. The Labute approximate surface area is 90.3 Å². The second-order valence-electron chi connectivity index (χ2n) is 4.11. The maximum absolute atomic E-state index is 10.6. The van der Waals surface area contributed by atoms with E-state index in [4.69, 9.17) is 4.74 Å². The second-order valence-corrected chi connectivity index (χ2v) is 4.11. The summed E-state index contributed by atoms with van der Waals surface area (Å²) in [6.45, 7) is 1.97. The van der Waals surface area contributed by atoms with E-state index in [9.17, 15) is 4.79 Å². The predicted octanol–water partition coefficient (Wildman–Crippen LogP) is 2.63. The number of carbonyl (C=O) groups is 1. The molecule has 0 fully saturated rings. The van der Waals surface area contributed by atoms with E-state index < -0.39 is 0 Å². The van der Waals surface area contributed by atoms with Crippen LogP contribution < -0.4 is 0 Å². The molecule has 0 heterocycles. The third kappa shape index (κ3) is 2.58. The van der Waals surface area contributed by atoms with Crippen molar-refractivity contribution < 1.29 is 9.53 Å². The van der Waals surface area contributed by atoms with E-state index in [0.717, 1.165) is 6.42 Å². The van der Waals surface area contributed by atoms with Gasteiger partial charge in [-0.05, 0) is 18.3 Å². The number of fused-ring (bicyclic) bond motifs is 2. The molecule has 0 aromatic carbocycles. The first-order valence-corrected chi connectivity index (χ1v) is 5.44. The highest BCUT2D eigenvalue weighted by molar-refractivity contribution is 5.65. The second kappa shape index (κ2) is 4.47. The molecule has 15 heavy (non-hydrogen) atoms. The summed E-state index contributed by atoms with van der Waals surface area (Å²) in [5.74, 6) is 0.946. The topological polar surface area (TPSA) is 26.3 Å². The molecule has 0 saturated heterocycles. The number of hydrogen-bond acceptors (Lipinski definition) is 2. The van der Waals surface area contributed by atoms with Crippen LogP contribution in [0.2, 0.25) is 0 Å². The molecule has 0 aromatic heterocycles. The molecule has 0 spiro atoms. The summed E-state index contributed by atoms with van der Waals surface area (Å²) in [6.07, 6.45) is 13.1. The van der Waals surface area contributed by atoms with Gasteiger partial charge in [-0.1, -0.05) is 36.0 Å². The van der Waals surface area contributed by atoms with Crippen LogP contribution in [0.5, 0.6) is 0 Å². The molecule has 2 unspecified atom stereocenters. The van der Waals surface area contributed by atoms with E-state index in [1.165, 1.54) is 18.9 Å². The molecule has 0 N–H and O–H groups in total. The van der Waals surface area contributed by atoms with Crippen molar-refractivity contribution in [2.45, 2.75) is 19.8 Å².